The molecule has 2 aliphatic heterocycles. The number of anilines is 2. The maximum absolute atomic E-state index is 2.58. The van der Waals surface area contributed by atoms with Crippen molar-refractivity contribution in [2.24, 2.45) is 0 Å². The summed E-state index contributed by atoms with van der Waals surface area (Å²) >= 11 is 0. The van der Waals surface area contributed by atoms with Crippen LogP contribution in [0.4, 0.5) is 11.4 Å². The summed E-state index contributed by atoms with van der Waals surface area (Å²) in [6, 6.07) is 45.0. The molecule has 0 unspecified atom stereocenters. The van der Waals surface area contributed by atoms with Gasteiger partial charge in [-0.3, -0.25) is 0 Å². The van der Waals surface area contributed by atoms with Crippen molar-refractivity contribution in [3.8, 4) is 28.1 Å². The number of benzene rings is 5. The van der Waals surface area contributed by atoms with E-state index in [0.29, 0.717) is 0 Å². The Labute approximate surface area is 241 Å². The molecular weight excluding hydrogens is 495 g/mol. The first-order valence-electron chi connectivity index (χ1n) is 14.9. The molecule has 0 radical (unpaired) electrons. The van der Waals surface area contributed by atoms with Gasteiger partial charge in [0, 0.05) is 39.2 Å². The van der Waals surface area contributed by atoms with Crippen molar-refractivity contribution in [2.45, 2.75) is 25.7 Å². The molecule has 0 atom stereocenters. The zero-order chi connectivity index (χ0) is 26.9. The lowest BCUT2D eigenvalue weighted by Crippen LogP contribution is -2.60. The van der Waals surface area contributed by atoms with Gasteiger partial charge in [-0.2, -0.15) is 0 Å². The lowest BCUT2D eigenvalue weighted by molar-refractivity contribution is 0.691. The monoisotopic (exact) mass is 524 g/mol. The molecule has 0 bridgehead atoms. The highest BCUT2D eigenvalue weighted by molar-refractivity contribution is 7.00. The van der Waals surface area contributed by atoms with Crippen molar-refractivity contribution in [2.75, 3.05) is 4.90 Å². The van der Waals surface area contributed by atoms with Gasteiger partial charge in [0.05, 0.1) is 5.69 Å². The molecule has 3 heterocycles. The van der Waals surface area contributed by atoms with Crippen molar-refractivity contribution < 1.29 is 0 Å². The number of hydrogen-bond donors (Lipinski definition) is 0. The van der Waals surface area contributed by atoms with Gasteiger partial charge < -0.3 is 9.47 Å². The van der Waals surface area contributed by atoms with Gasteiger partial charge >= 0.3 is 0 Å². The molecule has 6 aromatic rings. The maximum atomic E-state index is 2.58. The number of hydrogen-bond acceptors (Lipinski definition) is 1. The van der Waals surface area contributed by atoms with Crippen LogP contribution in [0, 0.1) is 0 Å². The quantitative estimate of drug-likeness (QED) is 0.215. The molecule has 0 saturated heterocycles. The number of aromatic nitrogens is 1. The minimum atomic E-state index is 0.191. The summed E-state index contributed by atoms with van der Waals surface area (Å²) in [4.78, 5) is 2.58. The topological polar surface area (TPSA) is 8.17 Å². The zero-order valence-corrected chi connectivity index (χ0v) is 22.9. The highest BCUT2D eigenvalue weighted by atomic mass is 15.2. The van der Waals surface area contributed by atoms with Gasteiger partial charge in [-0.15, -0.1) is 0 Å². The standard InChI is InChI=1S/C38H29BN2/c1-4-14-26(15-5-1)35-29-20-12-22-31-38(29)41(37(35)27-16-6-2-7-17-27)34-25-13-24-33-36(34)39(31)30-21-10-11-23-32(30)40(33)28-18-8-3-9-19-28/h1-2,4-7,10-18,20-25H,3,8-9,19H2. The van der Waals surface area contributed by atoms with Gasteiger partial charge in [-0.25, -0.2) is 0 Å². The lowest BCUT2D eigenvalue weighted by Gasteiger charge is -2.41. The molecule has 0 N–H and O–H groups in total. The molecule has 0 saturated carbocycles. The molecule has 41 heavy (non-hydrogen) atoms. The van der Waals surface area contributed by atoms with Crippen LogP contribution in [0.5, 0.6) is 0 Å². The molecule has 9 rings (SSSR count). The maximum Gasteiger partial charge on any atom is 0.252 e. The van der Waals surface area contributed by atoms with E-state index in [1.54, 1.807) is 0 Å². The van der Waals surface area contributed by atoms with E-state index in [2.05, 4.69) is 137 Å². The highest BCUT2D eigenvalue weighted by Gasteiger charge is 2.42. The molecule has 194 valence electrons. The fourth-order valence-corrected chi connectivity index (χ4v) is 7.71. The highest BCUT2D eigenvalue weighted by Crippen LogP contribution is 2.45. The number of allylic oxidation sites excluding steroid dienone is 2. The van der Waals surface area contributed by atoms with Crippen molar-refractivity contribution in [3.05, 3.63) is 133 Å². The van der Waals surface area contributed by atoms with Crippen LogP contribution < -0.4 is 21.3 Å². The minimum Gasteiger partial charge on any atom is -0.315 e. The lowest BCUT2D eigenvalue weighted by atomic mass is 9.34. The number of para-hydroxylation sites is 2. The summed E-state index contributed by atoms with van der Waals surface area (Å²) in [7, 11) is 0. The fourth-order valence-electron chi connectivity index (χ4n) is 7.71. The first-order valence-corrected chi connectivity index (χ1v) is 14.9. The van der Waals surface area contributed by atoms with Crippen LogP contribution in [0.2, 0.25) is 0 Å². The van der Waals surface area contributed by atoms with E-state index in [0.717, 1.165) is 12.8 Å². The van der Waals surface area contributed by atoms with E-state index < -0.39 is 0 Å². The second kappa shape index (κ2) is 8.87. The average molecular weight is 524 g/mol. The van der Waals surface area contributed by atoms with Gasteiger partial charge in [0.15, 0.2) is 0 Å². The average Bonchev–Trinajstić information content (AvgIpc) is 3.40. The van der Waals surface area contributed by atoms with E-state index in [1.165, 1.54) is 85.3 Å². The Hall–Kier alpha value is -4.76. The smallest absolute Gasteiger partial charge is 0.252 e. The van der Waals surface area contributed by atoms with Crippen molar-refractivity contribution >= 4 is 45.4 Å². The molecule has 0 fully saturated rings. The second-order valence-electron chi connectivity index (χ2n) is 11.5. The number of fused-ring (bicyclic) bond motifs is 4. The minimum absolute atomic E-state index is 0.191. The number of rotatable bonds is 3. The summed E-state index contributed by atoms with van der Waals surface area (Å²) in [5.74, 6) is 0. The molecule has 2 nitrogen and oxygen atoms in total. The number of nitrogens with zero attached hydrogens (tertiary/aromatic N) is 2. The second-order valence-corrected chi connectivity index (χ2v) is 11.5. The van der Waals surface area contributed by atoms with Gasteiger partial charge in [-0.1, -0.05) is 109 Å². The third-order valence-corrected chi connectivity index (χ3v) is 9.31. The Morgan fingerprint density at radius 3 is 2.05 bits per heavy atom. The van der Waals surface area contributed by atoms with Crippen LogP contribution >= 0.6 is 0 Å². The first-order chi connectivity index (χ1) is 20.4. The molecule has 3 aliphatic rings. The largest absolute Gasteiger partial charge is 0.315 e. The SMILES string of the molecule is C1=C(N2c3ccccc3B3c4c2cccc4-n2c(-c4ccccc4)c(-c4ccccc4)c4cccc3c42)CCCC1. The van der Waals surface area contributed by atoms with Crippen LogP contribution in [0.25, 0.3) is 39.0 Å². The third-order valence-electron chi connectivity index (χ3n) is 9.31. The molecule has 0 spiro atoms. The summed E-state index contributed by atoms with van der Waals surface area (Å²) < 4.78 is 2.58. The summed E-state index contributed by atoms with van der Waals surface area (Å²) in [6.07, 6.45) is 7.30. The van der Waals surface area contributed by atoms with E-state index in [-0.39, 0.29) is 6.71 Å². The normalized spacial score (nSPS) is 15.0. The Morgan fingerprint density at radius 1 is 0.561 bits per heavy atom. The molecule has 5 aromatic carbocycles. The molecule has 3 heteroatoms. The van der Waals surface area contributed by atoms with E-state index >= 15 is 0 Å². The van der Waals surface area contributed by atoms with Gasteiger partial charge in [0.2, 0.25) is 0 Å². The van der Waals surface area contributed by atoms with Gasteiger partial charge in [-0.05, 0) is 71.4 Å². The molecule has 1 aromatic heterocycles. The van der Waals surface area contributed by atoms with Crippen LogP contribution in [0.1, 0.15) is 25.7 Å². The molecular formula is C38H29BN2. The van der Waals surface area contributed by atoms with E-state index in [1.807, 2.05) is 0 Å². The Bertz CT molecular complexity index is 2000. The zero-order valence-electron chi connectivity index (χ0n) is 22.9. The van der Waals surface area contributed by atoms with Crippen molar-refractivity contribution in [1.82, 2.24) is 4.57 Å². The first kappa shape index (κ1) is 23.0. The Morgan fingerprint density at radius 2 is 1.24 bits per heavy atom. The van der Waals surface area contributed by atoms with Crippen LogP contribution in [-0.4, -0.2) is 11.3 Å². The van der Waals surface area contributed by atoms with Crippen molar-refractivity contribution in [3.63, 3.8) is 0 Å². The predicted octanol–water partition coefficient (Wildman–Crippen LogP) is 7.70. The Balaban J connectivity index is 1.45. The van der Waals surface area contributed by atoms with E-state index in [9.17, 15) is 0 Å². The van der Waals surface area contributed by atoms with Crippen LogP contribution in [0.15, 0.2) is 133 Å². The molecule has 1 aliphatic carbocycles. The van der Waals surface area contributed by atoms with Crippen molar-refractivity contribution in [1.29, 1.82) is 0 Å². The predicted molar refractivity (Wildman–Crippen MR) is 174 cm³/mol. The third kappa shape index (κ3) is 3.21. The molecule has 0 amide bonds. The van der Waals surface area contributed by atoms with E-state index in [4.69, 9.17) is 0 Å². The van der Waals surface area contributed by atoms with Gasteiger partial charge in [0.25, 0.3) is 6.71 Å². The van der Waals surface area contributed by atoms with Crippen LogP contribution in [0.3, 0.4) is 0 Å². The summed E-state index contributed by atoms with van der Waals surface area (Å²) in [6.45, 7) is 0.191. The van der Waals surface area contributed by atoms with Gasteiger partial charge in [0.1, 0.15) is 0 Å². The van der Waals surface area contributed by atoms with Crippen LogP contribution in [-0.2, 0) is 0 Å². The summed E-state index contributed by atoms with van der Waals surface area (Å²) in [5, 5.41) is 1.32. The fraction of sp³-hybridized carbons (Fsp3) is 0.105. The Kier molecular flexibility index (Phi) is 4.98. The summed E-state index contributed by atoms with van der Waals surface area (Å²) in [5.41, 5.74) is 16.0.